The Kier molecular flexibility index (Phi) is 6.16. The smallest absolute Gasteiger partial charge is 0.379 e. The van der Waals surface area contributed by atoms with Gasteiger partial charge in [-0.1, -0.05) is 54.6 Å². The van der Waals surface area contributed by atoms with Gasteiger partial charge in [-0.15, -0.1) is 0 Å². The average molecular weight is 439 g/mol. The molecule has 164 valence electrons. The highest BCUT2D eigenvalue weighted by Crippen LogP contribution is 2.39. The molecule has 1 atom stereocenters. The minimum Gasteiger partial charge on any atom is -0.379 e. The normalized spacial score (nSPS) is 13.8. The van der Waals surface area contributed by atoms with Crippen molar-refractivity contribution in [3.8, 4) is 0 Å². The van der Waals surface area contributed by atoms with Crippen LogP contribution in [0.25, 0.3) is 0 Å². The maximum absolute atomic E-state index is 13.3. The van der Waals surface area contributed by atoms with Crippen LogP contribution in [0.5, 0.6) is 0 Å². The van der Waals surface area contributed by atoms with E-state index >= 15 is 0 Å². The maximum atomic E-state index is 13.3. The van der Waals surface area contributed by atoms with Crippen LogP contribution in [0.2, 0.25) is 0 Å². The lowest BCUT2D eigenvalue weighted by molar-refractivity contribution is -0.138. The average Bonchev–Trinajstić information content (AvgIpc) is 2.73. The molecule has 3 aromatic rings. The van der Waals surface area contributed by atoms with Gasteiger partial charge in [0.1, 0.15) is 5.60 Å². The van der Waals surface area contributed by atoms with Crippen molar-refractivity contribution in [1.29, 1.82) is 0 Å². The summed E-state index contributed by atoms with van der Waals surface area (Å²) in [5, 5.41) is 11.6. The first-order valence-corrected chi connectivity index (χ1v) is 9.29. The summed E-state index contributed by atoms with van der Waals surface area (Å²) in [6.07, 6.45) is -9.38. The molecule has 3 aromatic carbocycles. The van der Waals surface area contributed by atoms with E-state index in [0.29, 0.717) is 17.7 Å². The van der Waals surface area contributed by atoms with E-state index < -0.39 is 35.1 Å². The molecule has 0 fully saturated rings. The summed E-state index contributed by atoms with van der Waals surface area (Å²) in [7, 11) is 0. The van der Waals surface area contributed by atoms with Crippen LogP contribution >= 0.6 is 0 Å². The topological polar surface area (TPSA) is 46.2 Å². The van der Waals surface area contributed by atoms with Crippen molar-refractivity contribution in [1.82, 2.24) is 0 Å². The minimum atomic E-state index is -4.70. The van der Waals surface area contributed by atoms with Crippen molar-refractivity contribution in [2.24, 2.45) is 5.73 Å². The minimum absolute atomic E-state index is 0.0177. The summed E-state index contributed by atoms with van der Waals surface area (Å²) in [6, 6.07) is 15.1. The fraction of sp³-hybridized carbons (Fsp3) is 0.217. The van der Waals surface area contributed by atoms with Crippen LogP contribution in [0.4, 0.5) is 26.3 Å². The lowest BCUT2D eigenvalue weighted by Gasteiger charge is -2.36. The van der Waals surface area contributed by atoms with Crippen molar-refractivity contribution >= 4 is 0 Å². The number of nitrogens with two attached hydrogens (primary N) is 1. The van der Waals surface area contributed by atoms with E-state index in [9.17, 15) is 31.4 Å². The Labute approximate surface area is 174 Å². The molecule has 1 unspecified atom stereocenters. The summed E-state index contributed by atoms with van der Waals surface area (Å²) in [5.41, 5.74) is 2.05. The van der Waals surface area contributed by atoms with Gasteiger partial charge in [0.05, 0.1) is 11.1 Å². The van der Waals surface area contributed by atoms with Gasteiger partial charge in [0.2, 0.25) is 0 Å². The predicted octanol–water partition coefficient (Wildman–Crippen LogP) is 5.53. The molecule has 0 spiro atoms. The standard InChI is InChI=1S/C23H19F6NO/c24-22(25,26)18-10-4-8-16(13-18)21(31,20(30)12-15-6-2-1-3-7-15)17-9-5-11-19(14-17)23(27,28)29/h1-11,13-14,20,31H,12,30H2. The van der Waals surface area contributed by atoms with E-state index in [4.69, 9.17) is 5.73 Å². The predicted molar refractivity (Wildman–Crippen MR) is 104 cm³/mol. The Hall–Kier alpha value is -2.84. The van der Waals surface area contributed by atoms with Crippen LogP contribution in [0, 0.1) is 0 Å². The van der Waals surface area contributed by atoms with Gasteiger partial charge in [-0.25, -0.2) is 0 Å². The molecule has 3 rings (SSSR count). The van der Waals surface area contributed by atoms with Crippen molar-refractivity contribution in [3.05, 3.63) is 107 Å². The molecule has 0 saturated heterocycles. The second-order valence-corrected chi connectivity index (χ2v) is 7.22. The molecule has 0 radical (unpaired) electrons. The third-order valence-corrected chi connectivity index (χ3v) is 5.10. The van der Waals surface area contributed by atoms with E-state index in [0.717, 1.165) is 24.3 Å². The number of rotatable bonds is 5. The SMILES string of the molecule is NC(Cc1ccccc1)C(O)(c1cccc(C(F)(F)F)c1)c1cccc(C(F)(F)F)c1. The van der Waals surface area contributed by atoms with Crippen LogP contribution in [0.1, 0.15) is 27.8 Å². The molecule has 8 heteroatoms. The third kappa shape index (κ3) is 4.91. The number of alkyl halides is 6. The number of benzene rings is 3. The lowest BCUT2D eigenvalue weighted by atomic mass is 9.77. The third-order valence-electron chi connectivity index (χ3n) is 5.10. The number of hydrogen-bond donors (Lipinski definition) is 2. The first-order valence-electron chi connectivity index (χ1n) is 9.29. The molecule has 3 N–H and O–H groups in total. The van der Waals surface area contributed by atoms with Crippen LogP contribution in [-0.2, 0) is 24.4 Å². The van der Waals surface area contributed by atoms with Gasteiger partial charge in [0.25, 0.3) is 0 Å². The van der Waals surface area contributed by atoms with Gasteiger partial charge in [0, 0.05) is 6.04 Å². The molecule has 0 aliphatic heterocycles. The maximum Gasteiger partial charge on any atom is 0.416 e. The van der Waals surface area contributed by atoms with Crippen LogP contribution in [0.15, 0.2) is 78.9 Å². The van der Waals surface area contributed by atoms with Gasteiger partial charge in [-0.2, -0.15) is 26.3 Å². The number of aliphatic hydroxyl groups is 1. The molecule has 0 aromatic heterocycles. The van der Waals surface area contributed by atoms with E-state index in [-0.39, 0.29) is 17.5 Å². The Bertz CT molecular complexity index is 972. The van der Waals surface area contributed by atoms with E-state index in [2.05, 4.69) is 0 Å². The molecular formula is C23H19F6NO. The van der Waals surface area contributed by atoms with Gasteiger partial charge in [-0.3, -0.25) is 0 Å². The van der Waals surface area contributed by atoms with Crippen molar-refractivity contribution < 1.29 is 31.4 Å². The van der Waals surface area contributed by atoms with Crippen LogP contribution in [-0.4, -0.2) is 11.1 Å². The second kappa shape index (κ2) is 8.36. The van der Waals surface area contributed by atoms with Crippen molar-refractivity contribution in [3.63, 3.8) is 0 Å². The molecule has 0 aliphatic rings. The molecule has 0 amide bonds. The first kappa shape index (κ1) is 22.8. The number of halogens is 6. The Morgan fingerprint density at radius 2 is 1.06 bits per heavy atom. The highest BCUT2D eigenvalue weighted by molar-refractivity contribution is 5.43. The second-order valence-electron chi connectivity index (χ2n) is 7.22. The van der Waals surface area contributed by atoms with Gasteiger partial charge in [0.15, 0.2) is 0 Å². The molecule has 0 aliphatic carbocycles. The van der Waals surface area contributed by atoms with Crippen LogP contribution < -0.4 is 5.73 Å². The molecule has 0 heterocycles. The lowest BCUT2D eigenvalue weighted by Crippen LogP contribution is -2.48. The monoisotopic (exact) mass is 439 g/mol. The van der Waals surface area contributed by atoms with E-state index in [1.54, 1.807) is 30.3 Å². The molecule has 2 nitrogen and oxygen atoms in total. The van der Waals surface area contributed by atoms with Gasteiger partial charge >= 0.3 is 12.4 Å². The summed E-state index contributed by atoms with van der Waals surface area (Å²) >= 11 is 0. The van der Waals surface area contributed by atoms with Crippen molar-refractivity contribution in [2.75, 3.05) is 0 Å². The highest BCUT2D eigenvalue weighted by Gasteiger charge is 2.42. The fourth-order valence-corrected chi connectivity index (χ4v) is 3.48. The summed E-state index contributed by atoms with van der Waals surface area (Å²) < 4.78 is 79.6. The molecule has 0 bridgehead atoms. The summed E-state index contributed by atoms with van der Waals surface area (Å²) in [6.45, 7) is 0. The van der Waals surface area contributed by atoms with Crippen LogP contribution in [0.3, 0.4) is 0 Å². The fourth-order valence-electron chi connectivity index (χ4n) is 3.48. The zero-order valence-electron chi connectivity index (χ0n) is 16.1. The quantitative estimate of drug-likeness (QED) is 0.514. The van der Waals surface area contributed by atoms with E-state index in [1.807, 2.05) is 0 Å². The highest BCUT2D eigenvalue weighted by atomic mass is 19.4. The Balaban J connectivity index is 2.17. The Morgan fingerprint density at radius 1 is 0.645 bits per heavy atom. The summed E-state index contributed by atoms with van der Waals surface area (Å²) in [5.74, 6) is 0. The van der Waals surface area contributed by atoms with E-state index in [1.165, 1.54) is 12.1 Å². The van der Waals surface area contributed by atoms with Gasteiger partial charge < -0.3 is 10.8 Å². The zero-order valence-corrected chi connectivity index (χ0v) is 16.1. The van der Waals surface area contributed by atoms with Crippen molar-refractivity contribution in [2.45, 2.75) is 30.4 Å². The zero-order chi connectivity index (χ0) is 22.9. The number of hydrogen-bond acceptors (Lipinski definition) is 2. The van der Waals surface area contributed by atoms with Gasteiger partial charge in [-0.05, 0) is 47.4 Å². The Morgan fingerprint density at radius 3 is 1.48 bits per heavy atom. The first-order chi connectivity index (χ1) is 14.4. The molecule has 31 heavy (non-hydrogen) atoms. The largest absolute Gasteiger partial charge is 0.416 e. The molecular weight excluding hydrogens is 420 g/mol. The molecule has 0 saturated carbocycles. The summed E-state index contributed by atoms with van der Waals surface area (Å²) in [4.78, 5) is 0.